The smallest absolute Gasteiger partial charge is 0.380 e. The molecule has 0 aliphatic carbocycles. The lowest BCUT2D eigenvalue weighted by Crippen LogP contribution is -2.06. The van der Waals surface area contributed by atoms with Crippen molar-refractivity contribution in [2.45, 2.75) is 6.92 Å². The third-order valence-electron chi connectivity index (χ3n) is 0.859. The molecule has 0 amide bonds. The number of halogens is 1. The summed E-state index contributed by atoms with van der Waals surface area (Å²) in [5.41, 5.74) is 0. The van der Waals surface area contributed by atoms with Crippen LogP contribution in [0.4, 0.5) is 0 Å². The average molecular weight is 177 g/mol. The van der Waals surface area contributed by atoms with E-state index in [1.54, 1.807) is 6.92 Å². The van der Waals surface area contributed by atoms with Gasteiger partial charge in [-0.25, -0.2) is 4.79 Å². The molecule has 0 aliphatic heterocycles. The van der Waals surface area contributed by atoms with E-state index in [9.17, 15) is 4.79 Å². The van der Waals surface area contributed by atoms with Crippen LogP contribution in [-0.4, -0.2) is 22.7 Å². The summed E-state index contributed by atoms with van der Waals surface area (Å²) < 4.78 is 8.89. The Kier molecular flexibility index (Phi) is 2.43. The van der Waals surface area contributed by atoms with Crippen LogP contribution in [0.3, 0.4) is 0 Å². The molecule has 0 aliphatic rings. The predicted octanol–water partition coefficient (Wildman–Crippen LogP) is 0.900. The van der Waals surface area contributed by atoms with Gasteiger partial charge in [0.2, 0.25) is 0 Å². The lowest BCUT2D eigenvalue weighted by molar-refractivity contribution is 0.0508. The molecule has 0 atom stereocenters. The van der Waals surface area contributed by atoms with Gasteiger partial charge in [-0.3, -0.25) is 0 Å². The summed E-state index contributed by atoms with van der Waals surface area (Å²) in [5, 5.41) is 3.07. The monoisotopic (exact) mass is 176 g/mol. The number of esters is 1. The first-order chi connectivity index (χ1) is 5.24. The molecule has 6 heteroatoms. The Morgan fingerprint density at radius 2 is 2.55 bits per heavy atom. The van der Waals surface area contributed by atoms with E-state index in [1.165, 1.54) is 0 Å². The Bertz CT molecular complexity index is 260. The third-order valence-corrected chi connectivity index (χ3v) is 1.01. The van der Waals surface area contributed by atoms with Crippen molar-refractivity contribution in [1.82, 2.24) is 10.1 Å². The van der Waals surface area contributed by atoms with E-state index in [1.807, 2.05) is 0 Å². The van der Waals surface area contributed by atoms with Gasteiger partial charge in [-0.1, -0.05) is 0 Å². The Morgan fingerprint density at radius 3 is 3.00 bits per heavy atom. The molecule has 0 radical (unpaired) electrons. The zero-order chi connectivity index (χ0) is 8.27. The van der Waals surface area contributed by atoms with Crippen molar-refractivity contribution in [3.63, 3.8) is 0 Å². The SMILES string of the molecule is CCOC(=O)c1noc(Cl)n1. The zero-order valence-corrected chi connectivity index (χ0v) is 6.46. The van der Waals surface area contributed by atoms with Crippen molar-refractivity contribution in [3.8, 4) is 0 Å². The fraction of sp³-hybridized carbons (Fsp3) is 0.400. The number of rotatable bonds is 2. The second-order valence-electron chi connectivity index (χ2n) is 1.59. The molecule has 0 unspecified atom stereocenters. The topological polar surface area (TPSA) is 65.2 Å². The van der Waals surface area contributed by atoms with Crippen LogP contribution in [-0.2, 0) is 4.74 Å². The fourth-order valence-electron chi connectivity index (χ4n) is 0.484. The van der Waals surface area contributed by atoms with Crippen LogP contribution in [0.1, 0.15) is 17.5 Å². The molecule has 1 aromatic rings. The lowest BCUT2D eigenvalue weighted by atomic mass is 10.6. The molecule has 0 N–H and O–H groups in total. The van der Waals surface area contributed by atoms with Crippen LogP contribution in [0.2, 0.25) is 5.35 Å². The molecule has 0 aromatic carbocycles. The van der Waals surface area contributed by atoms with Gasteiger partial charge in [-0.05, 0) is 23.7 Å². The maximum absolute atomic E-state index is 10.8. The van der Waals surface area contributed by atoms with Crippen molar-refractivity contribution in [3.05, 3.63) is 11.2 Å². The van der Waals surface area contributed by atoms with Gasteiger partial charge >= 0.3 is 11.3 Å². The highest BCUT2D eigenvalue weighted by Crippen LogP contribution is 2.03. The van der Waals surface area contributed by atoms with E-state index in [-0.39, 0.29) is 17.8 Å². The van der Waals surface area contributed by atoms with Crippen molar-refractivity contribution in [1.29, 1.82) is 0 Å². The van der Waals surface area contributed by atoms with E-state index in [0.717, 1.165) is 0 Å². The van der Waals surface area contributed by atoms with Crippen LogP contribution in [0.15, 0.2) is 4.52 Å². The second kappa shape index (κ2) is 3.34. The van der Waals surface area contributed by atoms with E-state index < -0.39 is 5.97 Å². The van der Waals surface area contributed by atoms with Crippen LogP contribution in [0.5, 0.6) is 0 Å². The van der Waals surface area contributed by atoms with Gasteiger partial charge in [-0.2, -0.15) is 4.98 Å². The summed E-state index contributed by atoms with van der Waals surface area (Å²) in [6, 6.07) is 0. The minimum atomic E-state index is -0.636. The van der Waals surface area contributed by atoms with Crippen LogP contribution in [0, 0.1) is 0 Å². The summed E-state index contributed by atoms with van der Waals surface area (Å²) in [6.07, 6.45) is 0. The molecule has 1 heterocycles. The predicted molar refractivity (Wildman–Crippen MR) is 35.3 cm³/mol. The second-order valence-corrected chi connectivity index (χ2v) is 1.91. The maximum atomic E-state index is 10.8. The van der Waals surface area contributed by atoms with Crippen molar-refractivity contribution >= 4 is 17.6 Å². The molecule has 0 fully saturated rings. The Balaban J connectivity index is 2.69. The molecule has 0 saturated carbocycles. The molecule has 60 valence electrons. The first-order valence-corrected chi connectivity index (χ1v) is 3.28. The lowest BCUT2D eigenvalue weighted by Gasteiger charge is -1.92. The van der Waals surface area contributed by atoms with Gasteiger partial charge in [-0.15, -0.1) is 0 Å². The number of carbonyl (C=O) groups is 1. The summed E-state index contributed by atoms with van der Waals surface area (Å²) in [5.74, 6) is -0.792. The number of aromatic nitrogens is 2. The summed E-state index contributed by atoms with van der Waals surface area (Å²) in [7, 11) is 0. The first-order valence-electron chi connectivity index (χ1n) is 2.90. The van der Waals surface area contributed by atoms with E-state index in [0.29, 0.717) is 0 Å². The number of ether oxygens (including phenoxy) is 1. The molecule has 0 spiro atoms. The highest BCUT2D eigenvalue weighted by atomic mass is 35.5. The van der Waals surface area contributed by atoms with Crippen LogP contribution < -0.4 is 0 Å². The minimum Gasteiger partial charge on any atom is -0.460 e. The van der Waals surface area contributed by atoms with Crippen LogP contribution >= 0.6 is 11.6 Å². The van der Waals surface area contributed by atoms with E-state index >= 15 is 0 Å². The summed E-state index contributed by atoms with van der Waals surface area (Å²) >= 11 is 5.26. The van der Waals surface area contributed by atoms with E-state index in [2.05, 4.69) is 19.4 Å². The zero-order valence-electron chi connectivity index (χ0n) is 5.70. The average Bonchev–Trinajstić information content (AvgIpc) is 2.36. The van der Waals surface area contributed by atoms with Gasteiger partial charge in [0.25, 0.3) is 5.82 Å². The third kappa shape index (κ3) is 1.91. The standard InChI is InChI=1S/C5H5ClN2O3/c1-2-10-4(9)3-7-5(6)11-8-3/h2H2,1H3. The molecular formula is C5H5ClN2O3. The highest BCUT2D eigenvalue weighted by Gasteiger charge is 2.13. The molecule has 1 rings (SSSR count). The quantitative estimate of drug-likeness (QED) is 0.627. The largest absolute Gasteiger partial charge is 0.460 e. The van der Waals surface area contributed by atoms with Gasteiger partial charge in [0, 0.05) is 0 Å². The molecule has 0 bridgehead atoms. The Labute approximate surface area is 67.3 Å². The summed E-state index contributed by atoms with van der Waals surface area (Å²) in [4.78, 5) is 14.2. The maximum Gasteiger partial charge on any atom is 0.380 e. The number of carbonyl (C=O) groups excluding carboxylic acids is 1. The minimum absolute atomic E-state index is 0.156. The molecular weight excluding hydrogens is 172 g/mol. The van der Waals surface area contributed by atoms with Gasteiger partial charge in [0.1, 0.15) is 0 Å². The normalized spacial score (nSPS) is 9.64. The van der Waals surface area contributed by atoms with Crippen molar-refractivity contribution in [2.24, 2.45) is 0 Å². The number of nitrogens with zero attached hydrogens (tertiary/aromatic N) is 2. The molecule has 5 nitrogen and oxygen atoms in total. The van der Waals surface area contributed by atoms with Crippen molar-refractivity contribution < 1.29 is 14.1 Å². The molecule has 0 saturated heterocycles. The summed E-state index contributed by atoms with van der Waals surface area (Å²) in [6.45, 7) is 1.95. The number of hydrogen-bond donors (Lipinski definition) is 0. The molecule has 11 heavy (non-hydrogen) atoms. The number of hydrogen-bond acceptors (Lipinski definition) is 5. The highest BCUT2D eigenvalue weighted by molar-refractivity contribution is 6.27. The molecule has 1 aromatic heterocycles. The fourth-order valence-corrected chi connectivity index (χ4v) is 0.598. The van der Waals surface area contributed by atoms with Gasteiger partial charge < -0.3 is 9.26 Å². The Morgan fingerprint density at radius 1 is 1.82 bits per heavy atom. The van der Waals surface area contributed by atoms with Gasteiger partial charge in [0.05, 0.1) is 6.61 Å². The van der Waals surface area contributed by atoms with Crippen LogP contribution in [0.25, 0.3) is 0 Å². The van der Waals surface area contributed by atoms with E-state index in [4.69, 9.17) is 11.6 Å². The Hall–Kier alpha value is -1.10. The van der Waals surface area contributed by atoms with Gasteiger partial charge in [0.15, 0.2) is 0 Å². The first kappa shape index (κ1) is 8.00. The van der Waals surface area contributed by atoms with Crippen molar-refractivity contribution in [2.75, 3.05) is 6.61 Å².